The van der Waals surface area contributed by atoms with Gasteiger partial charge in [-0.15, -0.1) is 0 Å². The fraction of sp³-hybridized carbons (Fsp3) is 0.458. The Bertz CT molecular complexity index is 834. The lowest BCUT2D eigenvalue weighted by Gasteiger charge is -2.36. The van der Waals surface area contributed by atoms with Gasteiger partial charge in [0.2, 0.25) is 5.91 Å². The highest BCUT2D eigenvalue weighted by molar-refractivity contribution is 6.30. The van der Waals surface area contributed by atoms with Crippen molar-refractivity contribution in [1.82, 2.24) is 0 Å². The third kappa shape index (κ3) is 4.76. The minimum absolute atomic E-state index is 0.00230. The van der Waals surface area contributed by atoms with E-state index in [2.05, 4.69) is 19.2 Å². The Morgan fingerprint density at radius 2 is 1.76 bits per heavy atom. The van der Waals surface area contributed by atoms with Gasteiger partial charge in [-0.25, -0.2) is 0 Å². The van der Waals surface area contributed by atoms with Crippen molar-refractivity contribution in [3.8, 4) is 5.75 Å². The maximum atomic E-state index is 13.5. The van der Waals surface area contributed by atoms with Crippen molar-refractivity contribution in [2.45, 2.75) is 58.5 Å². The number of anilines is 1. The van der Waals surface area contributed by atoms with E-state index in [-0.39, 0.29) is 12.0 Å². The molecule has 5 heteroatoms. The number of nitrogens with one attached hydrogen (secondary N) is 1. The average molecular weight is 416 g/mol. The molecule has 0 aromatic heterocycles. The number of ether oxygens (including phenoxy) is 2. The van der Waals surface area contributed by atoms with Crippen molar-refractivity contribution in [2.24, 2.45) is 0 Å². The summed E-state index contributed by atoms with van der Waals surface area (Å²) in [6.45, 7) is 9.34. The first kappa shape index (κ1) is 21.7. The summed E-state index contributed by atoms with van der Waals surface area (Å²) in [4.78, 5) is 13.5. The van der Waals surface area contributed by atoms with Gasteiger partial charge in [0.05, 0.1) is 11.5 Å². The lowest BCUT2D eigenvalue weighted by atomic mass is 9.73. The molecule has 29 heavy (non-hydrogen) atoms. The number of carbonyl (C=O) groups excluding carboxylic acids is 1. The Labute approximate surface area is 178 Å². The SMILES string of the molecule is CC[C@H](C)Oc1c(C)cc(NC(=O)C2(c3ccc(Cl)cc3)CCOCC2)cc1C. The quantitative estimate of drug-likeness (QED) is 0.646. The summed E-state index contributed by atoms with van der Waals surface area (Å²) in [6, 6.07) is 11.6. The molecule has 1 amide bonds. The molecule has 4 nitrogen and oxygen atoms in total. The maximum absolute atomic E-state index is 13.5. The lowest BCUT2D eigenvalue weighted by molar-refractivity contribution is -0.125. The van der Waals surface area contributed by atoms with Crippen LogP contribution in [0, 0.1) is 13.8 Å². The van der Waals surface area contributed by atoms with E-state index in [1.54, 1.807) is 0 Å². The summed E-state index contributed by atoms with van der Waals surface area (Å²) in [5.41, 5.74) is 3.20. The number of carbonyl (C=O) groups is 1. The van der Waals surface area contributed by atoms with E-state index in [4.69, 9.17) is 21.1 Å². The smallest absolute Gasteiger partial charge is 0.235 e. The van der Waals surface area contributed by atoms with Crippen LogP contribution in [0.1, 0.15) is 49.8 Å². The third-order valence-corrected chi connectivity index (χ3v) is 6.04. The number of hydrogen-bond acceptors (Lipinski definition) is 3. The molecule has 3 rings (SSSR count). The first-order valence-corrected chi connectivity index (χ1v) is 10.7. The molecule has 156 valence electrons. The van der Waals surface area contributed by atoms with Crippen LogP contribution in [-0.2, 0) is 14.9 Å². The zero-order valence-electron chi connectivity index (χ0n) is 17.7. The minimum Gasteiger partial charge on any atom is -0.490 e. The molecule has 0 radical (unpaired) electrons. The van der Waals surface area contributed by atoms with Crippen molar-refractivity contribution in [3.05, 3.63) is 58.1 Å². The molecular weight excluding hydrogens is 386 g/mol. The van der Waals surface area contributed by atoms with Gasteiger partial charge >= 0.3 is 0 Å². The standard InChI is InChI=1S/C24H30ClNO3/c1-5-18(4)29-22-16(2)14-21(15-17(22)3)26-23(27)24(10-12-28-13-11-24)19-6-8-20(25)9-7-19/h6-9,14-15,18H,5,10-13H2,1-4H3,(H,26,27)/t18-/m0/s1. The Kier molecular flexibility index (Phi) is 6.86. The zero-order chi connectivity index (χ0) is 21.0. The van der Waals surface area contributed by atoms with E-state index in [0.29, 0.717) is 31.1 Å². The summed E-state index contributed by atoms with van der Waals surface area (Å²) < 4.78 is 11.6. The van der Waals surface area contributed by atoms with E-state index < -0.39 is 5.41 Å². The third-order valence-electron chi connectivity index (χ3n) is 5.79. The molecule has 1 saturated heterocycles. The molecule has 1 aliphatic rings. The van der Waals surface area contributed by atoms with Crippen LogP contribution in [0.15, 0.2) is 36.4 Å². The molecule has 0 spiro atoms. The van der Waals surface area contributed by atoms with E-state index >= 15 is 0 Å². The molecule has 1 aliphatic heterocycles. The molecule has 0 bridgehead atoms. The van der Waals surface area contributed by atoms with Crippen LogP contribution in [0.2, 0.25) is 5.02 Å². The van der Waals surface area contributed by atoms with Gasteiger partial charge in [0, 0.05) is 23.9 Å². The summed E-state index contributed by atoms with van der Waals surface area (Å²) in [5, 5.41) is 3.82. The van der Waals surface area contributed by atoms with Gasteiger partial charge in [0.1, 0.15) is 5.75 Å². The molecule has 2 aromatic rings. The number of benzene rings is 2. The van der Waals surface area contributed by atoms with Gasteiger partial charge in [-0.2, -0.15) is 0 Å². The highest BCUT2D eigenvalue weighted by atomic mass is 35.5. The monoisotopic (exact) mass is 415 g/mol. The predicted octanol–water partition coefficient (Wildman–Crippen LogP) is 5.82. The molecule has 1 N–H and O–H groups in total. The summed E-state index contributed by atoms with van der Waals surface area (Å²) in [7, 11) is 0. The lowest BCUT2D eigenvalue weighted by Crippen LogP contribution is -2.44. The minimum atomic E-state index is -0.615. The van der Waals surface area contributed by atoms with Gasteiger partial charge in [-0.3, -0.25) is 4.79 Å². The highest BCUT2D eigenvalue weighted by Crippen LogP contribution is 2.37. The number of aryl methyl sites for hydroxylation is 2. The predicted molar refractivity (Wildman–Crippen MR) is 118 cm³/mol. The second-order valence-electron chi connectivity index (χ2n) is 7.93. The average Bonchev–Trinajstić information content (AvgIpc) is 2.71. The van der Waals surface area contributed by atoms with Crippen molar-refractivity contribution < 1.29 is 14.3 Å². The van der Waals surface area contributed by atoms with E-state index in [9.17, 15) is 4.79 Å². The molecule has 0 saturated carbocycles. The molecular formula is C24H30ClNO3. The van der Waals surface area contributed by atoms with Crippen LogP contribution < -0.4 is 10.1 Å². The topological polar surface area (TPSA) is 47.6 Å². The van der Waals surface area contributed by atoms with Crippen LogP contribution in [0.5, 0.6) is 5.75 Å². The maximum Gasteiger partial charge on any atom is 0.235 e. The highest BCUT2D eigenvalue weighted by Gasteiger charge is 2.41. The van der Waals surface area contributed by atoms with Gasteiger partial charge in [-0.05, 0) is 81.0 Å². The fourth-order valence-electron chi connectivity index (χ4n) is 3.88. The van der Waals surface area contributed by atoms with Crippen LogP contribution in [0.3, 0.4) is 0 Å². The number of rotatable bonds is 6. The first-order valence-electron chi connectivity index (χ1n) is 10.3. The molecule has 2 aromatic carbocycles. The van der Waals surface area contributed by atoms with Crippen molar-refractivity contribution in [1.29, 1.82) is 0 Å². The number of hydrogen-bond donors (Lipinski definition) is 1. The van der Waals surface area contributed by atoms with Gasteiger partial charge < -0.3 is 14.8 Å². The fourth-order valence-corrected chi connectivity index (χ4v) is 4.01. The Balaban J connectivity index is 1.87. The van der Waals surface area contributed by atoms with Crippen LogP contribution in [0.4, 0.5) is 5.69 Å². The molecule has 1 fully saturated rings. The summed E-state index contributed by atoms with van der Waals surface area (Å²) >= 11 is 6.06. The summed E-state index contributed by atoms with van der Waals surface area (Å²) in [6.07, 6.45) is 2.40. The van der Waals surface area contributed by atoms with Crippen LogP contribution in [0.25, 0.3) is 0 Å². The van der Waals surface area contributed by atoms with E-state index in [1.165, 1.54) is 0 Å². The van der Waals surface area contributed by atoms with Crippen LogP contribution >= 0.6 is 11.6 Å². The normalized spacial score (nSPS) is 16.9. The second-order valence-corrected chi connectivity index (χ2v) is 8.37. The number of halogens is 1. The Morgan fingerprint density at radius 3 is 2.31 bits per heavy atom. The molecule has 1 heterocycles. The largest absolute Gasteiger partial charge is 0.490 e. The summed E-state index contributed by atoms with van der Waals surface area (Å²) in [5.74, 6) is 0.897. The van der Waals surface area contributed by atoms with Gasteiger partial charge in [0.25, 0.3) is 0 Å². The number of amides is 1. The van der Waals surface area contributed by atoms with E-state index in [0.717, 1.165) is 34.5 Å². The Morgan fingerprint density at radius 1 is 1.17 bits per heavy atom. The van der Waals surface area contributed by atoms with Gasteiger partial charge in [0.15, 0.2) is 0 Å². The van der Waals surface area contributed by atoms with Crippen molar-refractivity contribution in [2.75, 3.05) is 18.5 Å². The Hall–Kier alpha value is -2.04. The second kappa shape index (κ2) is 9.19. The molecule has 0 aliphatic carbocycles. The van der Waals surface area contributed by atoms with Crippen molar-refractivity contribution >= 4 is 23.2 Å². The van der Waals surface area contributed by atoms with Crippen molar-refractivity contribution in [3.63, 3.8) is 0 Å². The van der Waals surface area contributed by atoms with Crippen LogP contribution in [-0.4, -0.2) is 25.2 Å². The van der Waals surface area contributed by atoms with Gasteiger partial charge in [-0.1, -0.05) is 30.7 Å². The molecule has 1 atom stereocenters. The molecule has 0 unspecified atom stereocenters. The van der Waals surface area contributed by atoms with E-state index in [1.807, 2.05) is 50.2 Å². The first-order chi connectivity index (χ1) is 13.9. The zero-order valence-corrected chi connectivity index (χ0v) is 18.4.